The predicted octanol–water partition coefficient (Wildman–Crippen LogP) is 1.53. The Morgan fingerprint density at radius 1 is 1.32 bits per heavy atom. The topological polar surface area (TPSA) is 69.7 Å². The fourth-order valence-electron chi connectivity index (χ4n) is 1.72. The van der Waals surface area contributed by atoms with Crippen LogP contribution in [-0.4, -0.2) is 38.8 Å². The molecule has 0 heterocycles. The molecule has 3 atom stereocenters. The molecule has 19 heavy (non-hydrogen) atoms. The molecule has 1 saturated carbocycles. The second-order valence-corrected chi connectivity index (χ2v) is 5.53. The van der Waals surface area contributed by atoms with E-state index in [1.165, 1.54) is 6.92 Å². The van der Waals surface area contributed by atoms with Crippen LogP contribution >= 0.6 is 0 Å². The maximum atomic E-state index is 13.4. The van der Waals surface area contributed by atoms with Crippen molar-refractivity contribution < 1.29 is 39.7 Å². The number of alkyl halides is 4. The number of ether oxygens (including phenoxy) is 1. The third kappa shape index (κ3) is 3.78. The minimum absolute atomic E-state index is 0.0403. The summed E-state index contributed by atoms with van der Waals surface area (Å²) in [5.41, 5.74) is -5.62. The summed E-state index contributed by atoms with van der Waals surface area (Å²) in [6, 6.07) is 0. The third-order valence-electron chi connectivity index (χ3n) is 2.58. The van der Waals surface area contributed by atoms with Gasteiger partial charge in [-0.15, -0.1) is 0 Å². The van der Waals surface area contributed by atoms with Crippen LogP contribution in [0.25, 0.3) is 0 Å². The van der Waals surface area contributed by atoms with Gasteiger partial charge in [0.05, 0.1) is 12.5 Å². The molecule has 0 aromatic carbocycles. The Labute approximate surface area is 107 Å². The summed E-state index contributed by atoms with van der Waals surface area (Å²) in [5, 5.41) is 0. The van der Waals surface area contributed by atoms with Crippen molar-refractivity contribution in [1.82, 2.24) is 0 Å². The van der Waals surface area contributed by atoms with Gasteiger partial charge in [0.2, 0.25) is 0 Å². The summed E-state index contributed by atoms with van der Waals surface area (Å²) in [4.78, 5) is 11.3. The Hall–Kier alpha value is -0.900. The summed E-state index contributed by atoms with van der Waals surface area (Å²) < 4.78 is 79.4. The number of hydrogen-bond donors (Lipinski definition) is 0. The van der Waals surface area contributed by atoms with Crippen molar-refractivity contribution in [3.63, 3.8) is 0 Å². The van der Waals surface area contributed by atoms with Gasteiger partial charge in [0.15, 0.2) is 0 Å². The van der Waals surface area contributed by atoms with E-state index in [4.69, 9.17) is 0 Å². The molecular formula is C9H12F4O5S. The van der Waals surface area contributed by atoms with E-state index < -0.39 is 52.6 Å². The van der Waals surface area contributed by atoms with Gasteiger partial charge >= 0.3 is 21.6 Å². The maximum absolute atomic E-state index is 13.4. The van der Waals surface area contributed by atoms with Crippen molar-refractivity contribution >= 4 is 16.1 Å². The lowest BCUT2D eigenvalue weighted by Crippen LogP contribution is -2.32. The zero-order chi connectivity index (χ0) is 14.8. The monoisotopic (exact) mass is 308 g/mol. The van der Waals surface area contributed by atoms with Crippen molar-refractivity contribution in [1.29, 1.82) is 0 Å². The standard InChI is InChI=1S/C9H12F4O5S/c1-2-17-8(14)5-3-6(10)7(4-5)18-19(15,16)9(11,12)13/h5-7H,2-4H2,1H3/t5-,6-,7+/m1/s1. The lowest BCUT2D eigenvalue weighted by atomic mass is 10.1. The molecule has 0 amide bonds. The number of esters is 1. The van der Waals surface area contributed by atoms with Gasteiger partial charge in [0, 0.05) is 0 Å². The van der Waals surface area contributed by atoms with E-state index in [-0.39, 0.29) is 6.61 Å². The van der Waals surface area contributed by atoms with Crippen molar-refractivity contribution in [2.24, 2.45) is 5.92 Å². The number of hydrogen-bond acceptors (Lipinski definition) is 5. The van der Waals surface area contributed by atoms with Crippen molar-refractivity contribution in [3.8, 4) is 0 Å². The van der Waals surface area contributed by atoms with Gasteiger partial charge in [-0.3, -0.25) is 8.98 Å². The quantitative estimate of drug-likeness (QED) is 0.341. The molecule has 0 N–H and O–H groups in total. The molecule has 0 aromatic rings. The minimum Gasteiger partial charge on any atom is -0.466 e. The summed E-state index contributed by atoms with van der Waals surface area (Å²) in [5.74, 6) is -1.77. The Bertz CT molecular complexity index is 432. The minimum atomic E-state index is -5.87. The highest BCUT2D eigenvalue weighted by Crippen LogP contribution is 2.35. The van der Waals surface area contributed by atoms with Crippen LogP contribution in [0.4, 0.5) is 17.6 Å². The Morgan fingerprint density at radius 2 is 1.89 bits per heavy atom. The Balaban J connectivity index is 2.70. The smallest absolute Gasteiger partial charge is 0.466 e. The summed E-state index contributed by atoms with van der Waals surface area (Å²) in [7, 11) is -5.87. The first-order valence-electron chi connectivity index (χ1n) is 5.38. The third-order valence-corrected chi connectivity index (χ3v) is 3.65. The van der Waals surface area contributed by atoms with E-state index in [0.717, 1.165) is 0 Å². The first kappa shape index (κ1) is 16.2. The van der Waals surface area contributed by atoms with Crippen LogP contribution in [-0.2, 0) is 23.8 Å². The van der Waals surface area contributed by atoms with E-state index in [2.05, 4.69) is 8.92 Å². The number of rotatable bonds is 4. The first-order chi connectivity index (χ1) is 8.58. The van der Waals surface area contributed by atoms with Crippen LogP contribution in [0.5, 0.6) is 0 Å². The average molecular weight is 308 g/mol. The van der Waals surface area contributed by atoms with E-state index >= 15 is 0 Å². The van der Waals surface area contributed by atoms with Crippen LogP contribution < -0.4 is 0 Å². The van der Waals surface area contributed by atoms with Crippen LogP contribution in [0, 0.1) is 5.92 Å². The SMILES string of the molecule is CCOC(=O)[C@@H]1C[C@@H](F)[C@@H](OS(=O)(=O)C(F)(F)F)C1. The normalized spacial score (nSPS) is 28.4. The van der Waals surface area contributed by atoms with Gasteiger partial charge in [-0.25, -0.2) is 4.39 Å². The molecule has 1 aliphatic rings. The molecule has 0 radical (unpaired) electrons. The van der Waals surface area contributed by atoms with E-state index in [9.17, 15) is 30.8 Å². The zero-order valence-electron chi connectivity index (χ0n) is 9.81. The maximum Gasteiger partial charge on any atom is 0.523 e. The number of carbonyl (C=O) groups is 1. The molecule has 0 aliphatic heterocycles. The molecule has 0 bridgehead atoms. The molecule has 112 valence electrons. The highest BCUT2D eigenvalue weighted by atomic mass is 32.2. The van der Waals surface area contributed by atoms with Crippen molar-refractivity contribution in [2.75, 3.05) is 6.61 Å². The number of carbonyl (C=O) groups excluding carboxylic acids is 1. The van der Waals surface area contributed by atoms with E-state index in [1.54, 1.807) is 0 Å². The molecule has 1 aliphatic carbocycles. The van der Waals surface area contributed by atoms with Crippen molar-refractivity contribution in [3.05, 3.63) is 0 Å². The lowest BCUT2D eigenvalue weighted by Gasteiger charge is -2.15. The van der Waals surface area contributed by atoms with Crippen LogP contribution in [0.1, 0.15) is 19.8 Å². The highest BCUT2D eigenvalue weighted by Gasteiger charge is 2.51. The fourth-order valence-corrected chi connectivity index (χ4v) is 2.35. The van der Waals surface area contributed by atoms with Crippen LogP contribution in [0.2, 0.25) is 0 Å². The molecule has 10 heteroatoms. The molecular weight excluding hydrogens is 296 g/mol. The van der Waals surface area contributed by atoms with Crippen LogP contribution in [0.15, 0.2) is 0 Å². The van der Waals surface area contributed by atoms with Gasteiger partial charge in [0.25, 0.3) is 0 Å². The average Bonchev–Trinajstić information content (AvgIpc) is 2.58. The lowest BCUT2D eigenvalue weighted by molar-refractivity contribution is -0.148. The second-order valence-electron chi connectivity index (χ2n) is 3.97. The first-order valence-corrected chi connectivity index (χ1v) is 6.79. The zero-order valence-corrected chi connectivity index (χ0v) is 10.6. The summed E-state index contributed by atoms with van der Waals surface area (Å²) >= 11 is 0. The Morgan fingerprint density at radius 3 is 2.37 bits per heavy atom. The fraction of sp³-hybridized carbons (Fsp3) is 0.889. The molecule has 0 saturated heterocycles. The van der Waals surface area contributed by atoms with Gasteiger partial charge in [-0.1, -0.05) is 0 Å². The van der Waals surface area contributed by atoms with Crippen LogP contribution in [0.3, 0.4) is 0 Å². The molecule has 1 rings (SSSR count). The summed E-state index contributed by atoms with van der Waals surface area (Å²) in [6.45, 7) is 1.56. The largest absolute Gasteiger partial charge is 0.523 e. The molecule has 0 spiro atoms. The van der Waals surface area contributed by atoms with E-state index in [1.807, 2.05) is 0 Å². The second kappa shape index (κ2) is 5.61. The van der Waals surface area contributed by atoms with Gasteiger partial charge in [-0.2, -0.15) is 21.6 Å². The summed E-state index contributed by atoms with van der Waals surface area (Å²) in [6.07, 6.45) is -4.67. The highest BCUT2D eigenvalue weighted by molar-refractivity contribution is 7.87. The van der Waals surface area contributed by atoms with Gasteiger partial charge in [0.1, 0.15) is 12.3 Å². The molecule has 5 nitrogen and oxygen atoms in total. The molecule has 0 aromatic heterocycles. The van der Waals surface area contributed by atoms with Gasteiger partial charge < -0.3 is 4.74 Å². The van der Waals surface area contributed by atoms with Gasteiger partial charge in [-0.05, 0) is 19.8 Å². The van der Waals surface area contributed by atoms with E-state index in [0.29, 0.717) is 0 Å². The molecule has 0 unspecified atom stereocenters. The Kier molecular flexibility index (Phi) is 4.77. The predicted molar refractivity (Wildman–Crippen MR) is 54.1 cm³/mol. The molecule has 1 fully saturated rings. The van der Waals surface area contributed by atoms with Crippen molar-refractivity contribution in [2.45, 2.75) is 37.5 Å². The number of halogens is 4.